The summed E-state index contributed by atoms with van der Waals surface area (Å²) in [7, 11) is 1.67. The Bertz CT molecular complexity index is 582. The van der Waals surface area contributed by atoms with Gasteiger partial charge < -0.3 is 15.0 Å². The van der Waals surface area contributed by atoms with Crippen molar-refractivity contribution >= 4 is 23.2 Å². The maximum Gasteiger partial charge on any atom is 0.283 e. The SMILES string of the molecule is COCCN1CCC(CNC(=O)c2ccc(Cl)cc2[N+](=O)[O-])C1. The molecule has 8 heteroatoms. The van der Waals surface area contributed by atoms with E-state index in [0.717, 1.165) is 26.1 Å². The van der Waals surface area contributed by atoms with Gasteiger partial charge in [-0.05, 0) is 31.0 Å². The molecule has 0 bridgehead atoms. The number of hydrogen-bond acceptors (Lipinski definition) is 5. The van der Waals surface area contributed by atoms with Gasteiger partial charge in [0.05, 0.1) is 11.5 Å². The van der Waals surface area contributed by atoms with Gasteiger partial charge in [0.2, 0.25) is 0 Å². The van der Waals surface area contributed by atoms with Crippen LogP contribution in [0.1, 0.15) is 16.8 Å². The fraction of sp³-hybridized carbons (Fsp3) is 0.533. The summed E-state index contributed by atoms with van der Waals surface area (Å²) >= 11 is 5.75. The maximum atomic E-state index is 12.2. The van der Waals surface area contributed by atoms with Crippen LogP contribution in [0, 0.1) is 16.0 Å². The molecule has 0 aliphatic carbocycles. The van der Waals surface area contributed by atoms with Crippen LogP contribution in [-0.4, -0.2) is 55.6 Å². The highest BCUT2D eigenvalue weighted by Gasteiger charge is 2.24. The standard InChI is InChI=1S/C15H20ClN3O4/c1-23-7-6-18-5-4-11(10-18)9-17-15(20)13-3-2-12(16)8-14(13)19(21)22/h2-3,8,11H,4-7,9-10H2,1H3,(H,17,20). The molecular formula is C15H20ClN3O4. The zero-order valence-electron chi connectivity index (χ0n) is 13.0. The molecular weight excluding hydrogens is 322 g/mol. The molecule has 1 N–H and O–H groups in total. The molecule has 0 radical (unpaired) electrons. The number of nitrogens with zero attached hydrogens (tertiary/aromatic N) is 2. The van der Waals surface area contributed by atoms with Crippen LogP contribution in [0.5, 0.6) is 0 Å². The lowest BCUT2D eigenvalue weighted by molar-refractivity contribution is -0.385. The molecule has 1 aromatic rings. The molecule has 1 aliphatic heterocycles. The van der Waals surface area contributed by atoms with Crippen molar-refractivity contribution in [3.63, 3.8) is 0 Å². The number of hydrogen-bond donors (Lipinski definition) is 1. The van der Waals surface area contributed by atoms with Crippen LogP contribution in [0.15, 0.2) is 18.2 Å². The van der Waals surface area contributed by atoms with Crippen molar-refractivity contribution < 1.29 is 14.5 Å². The fourth-order valence-corrected chi connectivity index (χ4v) is 2.85. The average Bonchev–Trinajstić information content (AvgIpc) is 2.98. The molecule has 1 aliphatic rings. The topological polar surface area (TPSA) is 84.7 Å². The lowest BCUT2D eigenvalue weighted by Crippen LogP contribution is -2.32. The Morgan fingerprint density at radius 1 is 1.57 bits per heavy atom. The second kappa shape index (κ2) is 8.24. The molecule has 1 amide bonds. The molecule has 2 rings (SSSR count). The van der Waals surface area contributed by atoms with Crippen molar-refractivity contribution in [2.75, 3.05) is 39.9 Å². The third kappa shape index (κ3) is 4.89. The smallest absolute Gasteiger partial charge is 0.283 e. The van der Waals surface area contributed by atoms with Crippen molar-refractivity contribution in [3.8, 4) is 0 Å². The Labute approximate surface area is 139 Å². The average molecular weight is 342 g/mol. The summed E-state index contributed by atoms with van der Waals surface area (Å²) in [6.45, 7) is 3.94. The Morgan fingerprint density at radius 3 is 3.04 bits per heavy atom. The highest BCUT2D eigenvalue weighted by molar-refractivity contribution is 6.31. The second-order valence-electron chi connectivity index (χ2n) is 5.58. The van der Waals surface area contributed by atoms with Crippen LogP contribution in [0.25, 0.3) is 0 Å². The first-order valence-electron chi connectivity index (χ1n) is 7.44. The van der Waals surface area contributed by atoms with Crippen LogP contribution in [0.4, 0.5) is 5.69 Å². The third-order valence-electron chi connectivity index (χ3n) is 3.93. The van der Waals surface area contributed by atoms with Crippen LogP contribution in [0.3, 0.4) is 0 Å². The van der Waals surface area contributed by atoms with Gasteiger partial charge in [-0.25, -0.2) is 0 Å². The summed E-state index contributed by atoms with van der Waals surface area (Å²) in [6.07, 6.45) is 0.993. The minimum absolute atomic E-state index is 0.0358. The summed E-state index contributed by atoms with van der Waals surface area (Å²) in [5.74, 6) is -0.0918. The van der Waals surface area contributed by atoms with Crippen LogP contribution < -0.4 is 5.32 Å². The number of rotatable bonds is 7. The monoisotopic (exact) mass is 341 g/mol. The summed E-state index contributed by atoms with van der Waals surface area (Å²) in [4.78, 5) is 24.9. The third-order valence-corrected chi connectivity index (χ3v) is 4.17. The number of amides is 1. The molecule has 1 aromatic carbocycles. The van der Waals surface area contributed by atoms with E-state index in [1.54, 1.807) is 7.11 Å². The van der Waals surface area contributed by atoms with Gasteiger partial charge in [-0.3, -0.25) is 14.9 Å². The first-order valence-corrected chi connectivity index (χ1v) is 7.82. The molecule has 23 heavy (non-hydrogen) atoms. The number of carbonyl (C=O) groups is 1. The molecule has 0 saturated carbocycles. The zero-order valence-corrected chi connectivity index (χ0v) is 13.7. The molecule has 0 spiro atoms. The van der Waals surface area contributed by atoms with Gasteiger partial charge in [-0.2, -0.15) is 0 Å². The van der Waals surface area contributed by atoms with Crippen LogP contribution in [-0.2, 0) is 4.74 Å². The highest BCUT2D eigenvalue weighted by Crippen LogP contribution is 2.23. The predicted molar refractivity (Wildman–Crippen MR) is 86.9 cm³/mol. The first kappa shape index (κ1) is 17.7. The zero-order chi connectivity index (χ0) is 16.8. The molecule has 126 valence electrons. The number of likely N-dealkylation sites (tertiary alicyclic amines) is 1. The van der Waals surface area contributed by atoms with Crippen molar-refractivity contribution in [2.24, 2.45) is 5.92 Å². The van der Waals surface area contributed by atoms with E-state index in [9.17, 15) is 14.9 Å². The lowest BCUT2D eigenvalue weighted by atomic mass is 10.1. The fourth-order valence-electron chi connectivity index (χ4n) is 2.68. The second-order valence-corrected chi connectivity index (χ2v) is 6.01. The lowest BCUT2D eigenvalue weighted by Gasteiger charge is -2.15. The van der Waals surface area contributed by atoms with E-state index in [1.807, 2.05) is 0 Å². The minimum atomic E-state index is -0.594. The Hall–Kier alpha value is -1.70. The van der Waals surface area contributed by atoms with Crippen LogP contribution in [0.2, 0.25) is 5.02 Å². The first-order chi connectivity index (χ1) is 11.0. The number of nitro groups is 1. The molecule has 7 nitrogen and oxygen atoms in total. The van der Waals surface area contributed by atoms with E-state index in [2.05, 4.69) is 10.2 Å². The number of nitro benzene ring substituents is 1. The predicted octanol–water partition coefficient (Wildman–Crippen LogP) is 1.95. The van der Waals surface area contributed by atoms with Gasteiger partial charge in [0, 0.05) is 37.8 Å². The summed E-state index contributed by atoms with van der Waals surface area (Å²) in [6, 6.07) is 4.05. The summed E-state index contributed by atoms with van der Waals surface area (Å²) in [5, 5.41) is 14.1. The summed E-state index contributed by atoms with van der Waals surface area (Å²) < 4.78 is 5.05. The van der Waals surface area contributed by atoms with Crippen LogP contribution >= 0.6 is 11.6 Å². The van der Waals surface area contributed by atoms with Gasteiger partial charge in [0.15, 0.2) is 0 Å². The van der Waals surface area contributed by atoms with E-state index in [4.69, 9.17) is 16.3 Å². The van der Waals surface area contributed by atoms with Crippen molar-refractivity contribution in [1.82, 2.24) is 10.2 Å². The number of ether oxygens (including phenoxy) is 1. The molecule has 0 aromatic heterocycles. The summed E-state index contributed by atoms with van der Waals surface area (Å²) in [5.41, 5.74) is -0.239. The number of halogens is 1. The quantitative estimate of drug-likeness (QED) is 0.605. The van der Waals surface area contributed by atoms with Gasteiger partial charge >= 0.3 is 0 Å². The molecule has 1 heterocycles. The Kier molecular flexibility index (Phi) is 6.32. The van der Waals surface area contributed by atoms with E-state index < -0.39 is 10.8 Å². The van der Waals surface area contributed by atoms with Crippen molar-refractivity contribution in [2.45, 2.75) is 6.42 Å². The van der Waals surface area contributed by atoms with E-state index in [-0.39, 0.29) is 16.3 Å². The number of benzene rings is 1. The molecule has 1 unspecified atom stereocenters. The number of methoxy groups -OCH3 is 1. The minimum Gasteiger partial charge on any atom is -0.383 e. The normalized spacial score (nSPS) is 18.1. The van der Waals surface area contributed by atoms with Gasteiger partial charge in [-0.1, -0.05) is 11.6 Å². The largest absolute Gasteiger partial charge is 0.383 e. The van der Waals surface area contributed by atoms with E-state index in [1.165, 1.54) is 18.2 Å². The van der Waals surface area contributed by atoms with Crippen molar-refractivity contribution in [1.29, 1.82) is 0 Å². The number of carbonyl (C=O) groups excluding carboxylic acids is 1. The van der Waals surface area contributed by atoms with E-state index >= 15 is 0 Å². The van der Waals surface area contributed by atoms with Gasteiger partial charge in [-0.15, -0.1) is 0 Å². The Morgan fingerprint density at radius 2 is 2.35 bits per heavy atom. The Balaban J connectivity index is 1.90. The highest BCUT2D eigenvalue weighted by atomic mass is 35.5. The molecule has 1 atom stereocenters. The van der Waals surface area contributed by atoms with Gasteiger partial charge in [0.25, 0.3) is 11.6 Å². The van der Waals surface area contributed by atoms with Crippen molar-refractivity contribution in [3.05, 3.63) is 38.9 Å². The molecule has 1 saturated heterocycles. The maximum absolute atomic E-state index is 12.2. The van der Waals surface area contributed by atoms with Gasteiger partial charge in [0.1, 0.15) is 5.56 Å². The number of nitrogens with one attached hydrogen (secondary N) is 1. The molecule has 1 fully saturated rings. The van der Waals surface area contributed by atoms with E-state index in [0.29, 0.717) is 19.1 Å².